The van der Waals surface area contributed by atoms with Gasteiger partial charge in [0.15, 0.2) is 0 Å². The van der Waals surface area contributed by atoms with Gasteiger partial charge in [-0.25, -0.2) is 18.1 Å². The zero-order valence-electron chi connectivity index (χ0n) is 21.3. The number of guanidine groups is 1. The van der Waals surface area contributed by atoms with Gasteiger partial charge < -0.3 is 4.90 Å². The minimum absolute atomic E-state index is 0.000267. The van der Waals surface area contributed by atoms with Crippen molar-refractivity contribution in [2.24, 2.45) is 12.0 Å². The molecule has 9 nitrogen and oxygen atoms in total. The number of rotatable bonds is 6. The number of sulfonamides is 1. The zero-order valence-corrected chi connectivity index (χ0v) is 20.9. The molecule has 1 aromatic carbocycles. The van der Waals surface area contributed by atoms with Crippen molar-refractivity contribution in [1.82, 2.24) is 19.4 Å². The van der Waals surface area contributed by atoms with Crippen LogP contribution < -0.4 is 9.62 Å². The van der Waals surface area contributed by atoms with Crippen LogP contribution in [0.3, 0.4) is 0 Å². The molecular formula is C23H28N6O3S2. The Bertz CT molecular complexity index is 1420. The summed E-state index contributed by atoms with van der Waals surface area (Å²) in [5.41, 5.74) is 0.503. The van der Waals surface area contributed by atoms with Crippen molar-refractivity contribution in [3.8, 4) is 0 Å². The highest BCUT2D eigenvalue weighted by Gasteiger charge is 2.48. The summed E-state index contributed by atoms with van der Waals surface area (Å²) in [5.74, 6) is -0.335. The van der Waals surface area contributed by atoms with E-state index in [9.17, 15) is 13.2 Å². The van der Waals surface area contributed by atoms with E-state index in [0.717, 1.165) is 37.0 Å². The Morgan fingerprint density at radius 3 is 2.79 bits per heavy atom. The molecule has 1 N–H and O–H groups in total. The molecule has 0 spiro atoms. The van der Waals surface area contributed by atoms with Crippen LogP contribution in [0, 0.1) is 0 Å². The normalized spacial score (nSPS) is 26.0. The third-order valence-corrected chi connectivity index (χ3v) is 9.65. The predicted octanol–water partition coefficient (Wildman–Crippen LogP) is 2.73. The molecule has 2 aliphatic carbocycles. The highest BCUT2D eigenvalue weighted by molar-refractivity contribution is 7.99. The lowest BCUT2D eigenvalue weighted by atomic mass is 10.0. The summed E-state index contributed by atoms with van der Waals surface area (Å²) >= 11 is 1.31. The average molecular weight is 503 g/mol. The summed E-state index contributed by atoms with van der Waals surface area (Å²) in [7, 11) is -2.21. The van der Waals surface area contributed by atoms with Crippen LogP contribution in [0.1, 0.15) is 57.7 Å². The molecule has 6 rings (SSSR count). The second-order valence-electron chi connectivity index (χ2n) is 9.71. The van der Waals surface area contributed by atoms with Crippen molar-refractivity contribution in [3.05, 3.63) is 35.7 Å². The Morgan fingerprint density at radius 1 is 1.32 bits per heavy atom. The molecule has 0 radical (unpaired) electrons. The number of carbonyl (C=O) groups excluding carboxylic acids is 1. The monoisotopic (exact) mass is 502 g/mol. The van der Waals surface area contributed by atoms with Gasteiger partial charge in [0.05, 0.1) is 43.7 Å². The third-order valence-electron chi connectivity index (χ3n) is 7.06. The van der Waals surface area contributed by atoms with Gasteiger partial charge in [0.2, 0.25) is 16.0 Å². The second-order valence-corrected chi connectivity index (χ2v) is 12.2. The van der Waals surface area contributed by atoms with Crippen LogP contribution in [0.15, 0.2) is 39.3 Å². The summed E-state index contributed by atoms with van der Waals surface area (Å²) in [4.78, 5) is 22.5. The number of aromatic nitrogens is 2. The lowest BCUT2D eigenvalue weighted by molar-refractivity contribution is 0.0832. The average Bonchev–Trinajstić information content (AvgIpc) is 3.17. The molecule has 2 aromatic rings. The molecule has 0 bridgehead atoms. The molecule has 180 valence electrons. The summed E-state index contributed by atoms with van der Waals surface area (Å²) < 4.78 is 49.0. The van der Waals surface area contributed by atoms with Crippen LogP contribution in [0.4, 0.5) is 5.69 Å². The maximum Gasteiger partial charge on any atom is 0.263 e. The van der Waals surface area contributed by atoms with Crippen molar-refractivity contribution < 1.29 is 16.0 Å². The minimum atomic E-state index is -3.89. The Kier molecular flexibility index (Phi) is 4.42. The lowest BCUT2D eigenvalue weighted by Crippen LogP contribution is -2.52. The number of nitrogens with one attached hydrogen (secondary N) is 1. The Hall–Kier alpha value is -2.37. The van der Waals surface area contributed by atoms with Crippen LogP contribution in [0.2, 0.25) is 0 Å². The molecule has 0 saturated heterocycles. The Morgan fingerprint density at radius 2 is 2.12 bits per heavy atom. The predicted molar refractivity (Wildman–Crippen MR) is 131 cm³/mol. The van der Waals surface area contributed by atoms with Crippen LogP contribution in [-0.2, 0) is 23.6 Å². The van der Waals surface area contributed by atoms with Gasteiger partial charge in [-0.05, 0) is 57.4 Å². The topological polar surface area (TPSA) is 99.9 Å². The molecule has 4 aliphatic rings. The van der Waals surface area contributed by atoms with Gasteiger partial charge in [-0.2, -0.15) is 5.10 Å². The van der Waals surface area contributed by atoms with Gasteiger partial charge >= 0.3 is 0 Å². The molecular weight excluding hydrogens is 472 g/mol. The van der Waals surface area contributed by atoms with Crippen LogP contribution in [-0.4, -0.2) is 58.8 Å². The fourth-order valence-electron chi connectivity index (χ4n) is 5.06. The smallest absolute Gasteiger partial charge is 0.263 e. The highest BCUT2D eigenvalue weighted by Crippen LogP contribution is 2.44. The van der Waals surface area contributed by atoms with E-state index in [-0.39, 0.29) is 34.1 Å². The number of carbonyl (C=O) groups is 1. The van der Waals surface area contributed by atoms with E-state index >= 15 is 0 Å². The number of anilines is 1. The number of aryl methyl sites for hydroxylation is 1. The van der Waals surface area contributed by atoms with E-state index in [2.05, 4.69) is 9.82 Å². The van der Waals surface area contributed by atoms with Gasteiger partial charge in [-0.3, -0.25) is 14.4 Å². The highest BCUT2D eigenvalue weighted by atomic mass is 32.2. The van der Waals surface area contributed by atoms with Crippen molar-refractivity contribution in [3.63, 3.8) is 0 Å². The number of nitrogens with zero attached hydrogens (tertiary/aromatic N) is 5. The number of benzene rings is 1. The fraction of sp³-hybridized carbons (Fsp3) is 0.522. The van der Waals surface area contributed by atoms with Crippen LogP contribution in [0.5, 0.6) is 0 Å². The molecule has 1 aromatic heterocycles. The van der Waals surface area contributed by atoms with Crippen molar-refractivity contribution in [2.75, 3.05) is 11.2 Å². The quantitative estimate of drug-likeness (QED) is 0.610. The molecule has 2 fully saturated rings. The number of amides is 1. The maximum absolute atomic E-state index is 14.0. The zero-order chi connectivity index (χ0) is 25.6. The summed E-state index contributed by atoms with van der Waals surface area (Å²) in [6.45, 7) is -0.375. The first kappa shape index (κ1) is 19.9. The molecule has 2 aliphatic heterocycles. The molecule has 2 saturated carbocycles. The minimum Gasteiger partial charge on any atom is -0.306 e. The number of aliphatic imine (C=N–C) groups is 1. The number of hydrogen-bond acceptors (Lipinski definition) is 7. The lowest BCUT2D eigenvalue weighted by Gasteiger charge is -2.39. The van der Waals surface area contributed by atoms with E-state index in [1.807, 2.05) is 18.1 Å². The van der Waals surface area contributed by atoms with E-state index < -0.39 is 28.0 Å². The third kappa shape index (κ3) is 3.47. The van der Waals surface area contributed by atoms with E-state index in [1.165, 1.54) is 34.9 Å². The SMILES string of the molecule is [2H]C([2H])(c1cnn(C)c1)N1C(=O)c2cc(S(=O)(=O)NC3(C)CC3)c(SC)cc2N2C1=N[C@H]1CCC[C@H]12. The summed E-state index contributed by atoms with van der Waals surface area (Å²) in [6.07, 6.45) is 9.00. The number of thioether (sulfide) groups is 1. The van der Waals surface area contributed by atoms with E-state index in [4.69, 9.17) is 7.73 Å². The maximum atomic E-state index is 14.0. The first-order valence-electron chi connectivity index (χ1n) is 12.4. The fourth-order valence-corrected chi connectivity index (χ4v) is 7.69. The molecule has 3 heterocycles. The largest absolute Gasteiger partial charge is 0.306 e. The standard InChI is InChI=1S/C23H28N6O3S2/c1-23(7-8-23)26-34(31,32)20-9-15-18(10-19(20)33-3)29-17-6-4-5-16(17)25-22(29)28(21(15)30)13-14-11-24-27(2)12-14/h9-12,16-17,26H,4-8,13H2,1-3H3/t16-,17+/m0/s1/i13D2. The molecule has 11 heteroatoms. The van der Waals surface area contributed by atoms with Gasteiger partial charge in [0.1, 0.15) is 0 Å². The number of hydrogen-bond donors (Lipinski definition) is 1. The summed E-state index contributed by atoms with van der Waals surface area (Å²) in [5, 5.41) is 4.09. The van der Waals surface area contributed by atoms with Gasteiger partial charge in [0.25, 0.3) is 5.91 Å². The molecule has 2 atom stereocenters. The van der Waals surface area contributed by atoms with Crippen LogP contribution in [0.25, 0.3) is 0 Å². The number of fused-ring (bicyclic) bond motifs is 5. The molecule has 1 amide bonds. The van der Waals surface area contributed by atoms with Crippen molar-refractivity contribution in [2.45, 2.75) is 72.9 Å². The van der Waals surface area contributed by atoms with Crippen LogP contribution >= 0.6 is 11.8 Å². The Labute approximate surface area is 206 Å². The molecule has 0 unspecified atom stereocenters. The van der Waals surface area contributed by atoms with E-state index in [1.54, 1.807) is 13.1 Å². The molecule has 34 heavy (non-hydrogen) atoms. The first-order valence-corrected chi connectivity index (χ1v) is 14.1. The van der Waals surface area contributed by atoms with Gasteiger partial charge in [0, 0.05) is 29.2 Å². The van der Waals surface area contributed by atoms with Crippen molar-refractivity contribution in [1.29, 1.82) is 0 Å². The summed E-state index contributed by atoms with van der Waals surface area (Å²) in [6, 6.07) is 3.14. The van der Waals surface area contributed by atoms with E-state index in [0.29, 0.717) is 10.6 Å². The Balaban J connectivity index is 1.53. The van der Waals surface area contributed by atoms with Crippen molar-refractivity contribution >= 4 is 39.3 Å². The van der Waals surface area contributed by atoms with Gasteiger partial charge in [-0.15, -0.1) is 11.8 Å². The second kappa shape index (κ2) is 7.56. The van der Waals surface area contributed by atoms with Gasteiger partial charge in [-0.1, -0.05) is 0 Å². The first-order chi connectivity index (χ1) is 16.9.